The first-order valence-corrected chi connectivity index (χ1v) is 10.4. The van der Waals surface area contributed by atoms with Gasteiger partial charge in [-0.2, -0.15) is 5.10 Å². The van der Waals surface area contributed by atoms with Gasteiger partial charge in [-0.3, -0.25) is 14.3 Å². The second-order valence-electron chi connectivity index (χ2n) is 7.90. The lowest BCUT2D eigenvalue weighted by Crippen LogP contribution is -2.30. The van der Waals surface area contributed by atoms with Crippen LogP contribution in [0.25, 0.3) is 11.0 Å². The number of hydrogen-bond acceptors (Lipinski definition) is 7. The maximum Gasteiger partial charge on any atom is 0.306 e. The van der Waals surface area contributed by atoms with Crippen molar-refractivity contribution in [1.29, 1.82) is 0 Å². The van der Waals surface area contributed by atoms with E-state index >= 15 is 0 Å². The van der Waals surface area contributed by atoms with Gasteiger partial charge in [-0.15, -0.1) is 0 Å². The first-order valence-electron chi connectivity index (χ1n) is 10.4. The van der Waals surface area contributed by atoms with Gasteiger partial charge in [-0.1, -0.05) is 0 Å². The van der Waals surface area contributed by atoms with Crippen molar-refractivity contribution < 1.29 is 23.8 Å². The van der Waals surface area contributed by atoms with Crippen LogP contribution in [0.1, 0.15) is 35.9 Å². The first kappa shape index (κ1) is 21.6. The zero-order valence-corrected chi connectivity index (χ0v) is 18.8. The van der Waals surface area contributed by atoms with Crippen LogP contribution in [0, 0.1) is 20.8 Å². The number of anilines is 1. The number of ether oxygens (including phenoxy) is 3. The Hall–Kier alpha value is -3.62. The van der Waals surface area contributed by atoms with Crippen molar-refractivity contribution in [2.45, 2.75) is 46.6 Å². The van der Waals surface area contributed by atoms with Crippen LogP contribution in [0.4, 0.5) is 5.69 Å². The number of esters is 1. The molecular weight excluding hydrogens is 412 g/mol. The van der Waals surface area contributed by atoms with Crippen LogP contribution in [-0.2, 0) is 27.8 Å². The molecule has 32 heavy (non-hydrogen) atoms. The topological polar surface area (TPSA) is 105 Å². The number of aryl methyl sites for hydroxylation is 4. The standard InChI is InChI=1S/C23H26N4O5/c1-12-17(13(2)24-22-21(12)14(3)26-27(22)5)7-9-20(28)32-15(4)23(29)25-16-6-8-18-19(10-16)31-11-30-18/h6,8,10,15H,7,9,11H2,1-5H3,(H,25,29)/t15-/m0/s1. The minimum atomic E-state index is -0.934. The van der Waals surface area contributed by atoms with Crippen LogP contribution in [0.3, 0.4) is 0 Å². The number of aromatic nitrogens is 3. The van der Waals surface area contributed by atoms with E-state index in [9.17, 15) is 9.59 Å². The Bertz CT molecular complexity index is 1220. The summed E-state index contributed by atoms with van der Waals surface area (Å²) in [5.74, 6) is 0.327. The van der Waals surface area contributed by atoms with Gasteiger partial charge in [0.1, 0.15) is 0 Å². The lowest BCUT2D eigenvalue weighted by Gasteiger charge is -2.15. The predicted octanol–water partition coefficient (Wildman–Crippen LogP) is 3.13. The normalized spacial score (nSPS) is 13.3. The van der Waals surface area contributed by atoms with Crippen LogP contribution in [-0.4, -0.2) is 39.5 Å². The van der Waals surface area contributed by atoms with E-state index in [1.807, 2.05) is 27.8 Å². The molecule has 9 nitrogen and oxygen atoms in total. The summed E-state index contributed by atoms with van der Waals surface area (Å²) in [6, 6.07) is 5.09. The molecule has 3 heterocycles. The molecule has 1 atom stereocenters. The molecule has 0 fully saturated rings. The van der Waals surface area contributed by atoms with E-state index < -0.39 is 18.0 Å². The Kier molecular flexibility index (Phi) is 5.73. The third-order valence-electron chi connectivity index (χ3n) is 5.63. The van der Waals surface area contributed by atoms with Gasteiger partial charge in [0, 0.05) is 36.3 Å². The molecule has 1 aliphatic heterocycles. The smallest absolute Gasteiger partial charge is 0.306 e. The van der Waals surface area contributed by atoms with Gasteiger partial charge >= 0.3 is 5.97 Å². The highest BCUT2D eigenvalue weighted by atomic mass is 16.7. The molecule has 4 rings (SSSR count). The molecule has 1 aliphatic rings. The molecule has 0 unspecified atom stereocenters. The molecule has 1 N–H and O–H groups in total. The molecule has 0 aliphatic carbocycles. The van der Waals surface area contributed by atoms with Gasteiger partial charge in [0.05, 0.1) is 5.69 Å². The van der Waals surface area contributed by atoms with Crippen molar-refractivity contribution in [1.82, 2.24) is 14.8 Å². The SMILES string of the molecule is Cc1nc2c(c(C)nn2C)c(C)c1CCC(=O)O[C@@H](C)C(=O)Nc1ccc2c(c1)OCO2. The minimum Gasteiger partial charge on any atom is -0.454 e. The number of benzene rings is 1. The second-order valence-corrected chi connectivity index (χ2v) is 7.90. The largest absolute Gasteiger partial charge is 0.454 e. The highest BCUT2D eigenvalue weighted by Crippen LogP contribution is 2.34. The number of nitrogens with zero attached hydrogens (tertiary/aromatic N) is 3. The van der Waals surface area contributed by atoms with Crippen molar-refractivity contribution in [3.63, 3.8) is 0 Å². The summed E-state index contributed by atoms with van der Waals surface area (Å²) < 4.78 is 17.7. The van der Waals surface area contributed by atoms with Crippen molar-refractivity contribution >= 4 is 28.6 Å². The predicted molar refractivity (Wildman–Crippen MR) is 118 cm³/mol. The fraction of sp³-hybridized carbons (Fsp3) is 0.391. The van der Waals surface area contributed by atoms with Crippen LogP contribution < -0.4 is 14.8 Å². The van der Waals surface area contributed by atoms with Crippen LogP contribution in [0.5, 0.6) is 11.5 Å². The molecule has 0 saturated carbocycles. The number of carbonyl (C=O) groups is 2. The van der Waals surface area contributed by atoms with E-state index in [4.69, 9.17) is 14.2 Å². The Morgan fingerprint density at radius 1 is 1.19 bits per heavy atom. The van der Waals surface area contributed by atoms with Gasteiger partial charge in [-0.25, -0.2) is 4.98 Å². The van der Waals surface area contributed by atoms with Gasteiger partial charge in [0.15, 0.2) is 23.3 Å². The van der Waals surface area contributed by atoms with Crippen LogP contribution >= 0.6 is 0 Å². The van der Waals surface area contributed by atoms with E-state index in [1.165, 1.54) is 0 Å². The van der Waals surface area contributed by atoms with E-state index in [0.717, 1.165) is 33.5 Å². The summed E-state index contributed by atoms with van der Waals surface area (Å²) in [6.07, 6.45) is -0.309. The van der Waals surface area contributed by atoms with Crippen molar-refractivity contribution in [2.75, 3.05) is 12.1 Å². The number of amides is 1. The van der Waals surface area contributed by atoms with Gasteiger partial charge in [0.2, 0.25) is 6.79 Å². The number of fused-ring (bicyclic) bond motifs is 2. The number of nitrogens with one attached hydrogen (secondary N) is 1. The van der Waals surface area contributed by atoms with Crippen molar-refractivity contribution in [2.24, 2.45) is 7.05 Å². The summed E-state index contributed by atoms with van der Waals surface area (Å²) in [6.45, 7) is 7.60. The maximum absolute atomic E-state index is 12.4. The Morgan fingerprint density at radius 3 is 2.72 bits per heavy atom. The van der Waals surface area contributed by atoms with Crippen molar-refractivity contribution in [3.05, 3.63) is 40.7 Å². The molecule has 3 aromatic rings. The summed E-state index contributed by atoms with van der Waals surface area (Å²) in [7, 11) is 1.87. The highest BCUT2D eigenvalue weighted by molar-refractivity contribution is 5.95. The molecule has 0 bridgehead atoms. The summed E-state index contributed by atoms with van der Waals surface area (Å²) in [5.41, 5.74) is 5.21. The molecule has 0 spiro atoms. The lowest BCUT2D eigenvalue weighted by atomic mass is 9.99. The molecule has 168 valence electrons. The van der Waals surface area contributed by atoms with E-state index in [1.54, 1.807) is 29.8 Å². The quantitative estimate of drug-likeness (QED) is 0.590. The number of rotatable bonds is 6. The van der Waals surface area contributed by atoms with Gasteiger partial charge < -0.3 is 19.5 Å². The molecule has 0 radical (unpaired) electrons. The third-order valence-corrected chi connectivity index (χ3v) is 5.63. The third kappa shape index (κ3) is 4.10. The zero-order valence-electron chi connectivity index (χ0n) is 18.8. The maximum atomic E-state index is 12.4. The van der Waals surface area contributed by atoms with Crippen LogP contribution in [0.2, 0.25) is 0 Å². The van der Waals surface area contributed by atoms with E-state index in [2.05, 4.69) is 15.4 Å². The van der Waals surface area contributed by atoms with E-state index in [-0.39, 0.29) is 13.2 Å². The average Bonchev–Trinajstić information content (AvgIpc) is 3.31. The fourth-order valence-electron chi connectivity index (χ4n) is 3.99. The molecule has 2 aromatic heterocycles. The zero-order chi connectivity index (χ0) is 23.0. The summed E-state index contributed by atoms with van der Waals surface area (Å²) in [5, 5.41) is 8.18. The number of carbonyl (C=O) groups excluding carboxylic acids is 2. The Labute approximate surface area is 185 Å². The Balaban J connectivity index is 1.36. The second kappa shape index (κ2) is 8.49. The lowest BCUT2D eigenvalue weighted by molar-refractivity contribution is -0.153. The summed E-state index contributed by atoms with van der Waals surface area (Å²) in [4.78, 5) is 29.5. The minimum absolute atomic E-state index is 0.149. The van der Waals surface area contributed by atoms with E-state index in [0.29, 0.717) is 23.6 Å². The molecular formula is C23H26N4O5. The number of hydrogen-bond donors (Lipinski definition) is 1. The average molecular weight is 438 g/mol. The number of pyridine rings is 1. The molecule has 1 amide bonds. The molecule has 1 aromatic carbocycles. The monoisotopic (exact) mass is 438 g/mol. The van der Waals surface area contributed by atoms with Crippen LogP contribution in [0.15, 0.2) is 18.2 Å². The highest BCUT2D eigenvalue weighted by Gasteiger charge is 2.21. The first-order chi connectivity index (χ1) is 15.2. The van der Waals surface area contributed by atoms with Gasteiger partial charge in [-0.05, 0) is 57.4 Å². The molecule has 0 saturated heterocycles. The Morgan fingerprint density at radius 2 is 1.94 bits per heavy atom. The summed E-state index contributed by atoms with van der Waals surface area (Å²) >= 11 is 0. The van der Waals surface area contributed by atoms with Gasteiger partial charge in [0.25, 0.3) is 5.91 Å². The van der Waals surface area contributed by atoms with Crippen molar-refractivity contribution in [3.8, 4) is 11.5 Å². The molecule has 9 heteroatoms. The fourth-order valence-corrected chi connectivity index (χ4v) is 3.99.